The molecule has 0 radical (unpaired) electrons. The van der Waals surface area contributed by atoms with Gasteiger partial charge >= 0.3 is 0 Å². The first-order valence-corrected chi connectivity index (χ1v) is 9.10. The van der Waals surface area contributed by atoms with Gasteiger partial charge in [0.25, 0.3) is 5.91 Å². The highest BCUT2D eigenvalue weighted by molar-refractivity contribution is 7.10. The van der Waals surface area contributed by atoms with Crippen LogP contribution in [0.4, 0.5) is 4.39 Å². The van der Waals surface area contributed by atoms with Gasteiger partial charge in [-0.05, 0) is 23.6 Å². The van der Waals surface area contributed by atoms with E-state index in [2.05, 4.69) is 4.90 Å². The van der Waals surface area contributed by atoms with Crippen LogP contribution in [-0.4, -0.2) is 60.1 Å². The first-order valence-electron chi connectivity index (χ1n) is 8.22. The number of rotatable bonds is 6. The van der Waals surface area contributed by atoms with Gasteiger partial charge < -0.3 is 14.7 Å². The summed E-state index contributed by atoms with van der Waals surface area (Å²) in [6.07, 6.45) is -0.494. The lowest BCUT2D eigenvalue weighted by atomic mass is 10.2. The van der Waals surface area contributed by atoms with Crippen LogP contribution in [0.15, 0.2) is 41.8 Å². The summed E-state index contributed by atoms with van der Waals surface area (Å²) in [4.78, 5) is 17.0. The van der Waals surface area contributed by atoms with Gasteiger partial charge in [0.1, 0.15) is 6.10 Å². The fourth-order valence-electron chi connectivity index (χ4n) is 2.79. The predicted molar refractivity (Wildman–Crippen MR) is 94.2 cm³/mol. The minimum Gasteiger partial charge on any atom is -0.481 e. The third-order valence-electron chi connectivity index (χ3n) is 4.22. The molecular weight excluding hydrogens is 343 g/mol. The molecule has 134 valence electrons. The second-order valence-corrected chi connectivity index (χ2v) is 6.91. The van der Waals surface area contributed by atoms with Gasteiger partial charge in [0.15, 0.2) is 18.2 Å². The van der Waals surface area contributed by atoms with E-state index in [-0.39, 0.29) is 18.3 Å². The van der Waals surface area contributed by atoms with Crippen LogP contribution in [0.25, 0.3) is 0 Å². The molecule has 0 spiro atoms. The predicted octanol–water partition coefficient (Wildman–Crippen LogP) is 2.14. The number of β-amino-alcohol motifs (C(OH)–C–C–N with tert-alkyl or cyclic N) is 1. The number of benzene rings is 1. The molecule has 2 heterocycles. The quantitative estimate of drug-likeness (QED) is 0.853. The van der Waals surface area contributed by atoms with Gasteiger partial charge in [-0.2, -0.15) is 0 Å². The molecule has 0 bridgehead atoms. The van der Waals surface area contributed by atoms with E-state index < -0.39 is 11.9 Å². The van der Waals surface area contributed by atoms with Crippen LogP contribution in [0, 0.1) is 5.82 Å². The zero-order valence-electron chi connectivity index (χ0n) is 13.8. The van der Waals surface area contributed by atoms with Crippen LogP contribution in [0.3, 0.4) is 0 Å². The second-order valence-electron chi connectivity index (χ2n) is 5.93. The highest BCUT2D eigenvalue weighted by Gasteiger charge is 2.23. The minimum atomic E-state index is -0.494. The number of amides is 1. The molecule has 0 saturated carbocycles. The molecule has 1 aliphatic heterocycles. The van der Waals surface area contributed by atoms with E-state index >= 15 is 0 Å². The number of hydrogen-bond acceptors (Lipinski definition) is 5. The fourth-order valence-corrected chi connectivity index (χ4v) is 3.49. The van der Waals surface area contributed by atoms with E-state index in [0.29, 0.717) is 32.7 Å². The number of halogens is 1. The summed E-state index contributed by atoms with van der Waals surface area (Å²) in [5.41, 5.74) is 0. The van der Waals surface area contributed by atoms with Crippen LogP contribution < -0.4 is 4.74 Å². The Balaban J connectivity index is 1.42. The number of aliphatic hydroxyl groups excluding tert-OH is 1. The normalized spacial score (nSPS) is 16.6. The SMILES string of the molecule is O=C(COc1ccccc1F)N1CCN(CC(O)c2cccs2)CC1. The smallest absolute Gasteiger partial charge is 0.260 e. The molecule has 1 aromatic carbocycles. The number of ether oxygens (including phenoxy) is 1. The maximum atomic E-state index is 13.5. The van der Waals surface area contributed by atoms with Gasteiger partial charge in [-0.3, -0.25) is 9.69 Å². The summed E-state index contributed by atoms with van der Waals surface area (Å²) >= 11 is 1.54. The first-order chi connectivity index (χ1) is 12.1. The Hall–Kier alpha value is -1.96. The number of piperazine rings is 1. The Kier molecular flexibility index (Phi) is 6.01. The number of carbonyl (C=O) groups is 1. The van der Waals surface area contributed by atoms with Crippen LogP contribution in [0.5, 0.6) is 5.75 Å². The maximum absolute atomic E-state index is 13.5. The molecule has 7 heteroatoms. The van der Waals surface area contributed by atoms with E-state index in [1.165, 1.54) is 12.1 Å². The van der Waals surface area contributed by atoms with E-state index in [1.54, 1.807) is 28.4 Å². The molecule has 1 aliphatic rings. The average Bonchev–Trinajstić information content (AvgIpc) is 3.16. The molecule has 1 aromatic heterocycles. The maximum Gasteiger partial charge on any atom is 0.260 e. The molecule has 0 aliphatic carbocycles. The van der Waals surface area contributed by atoms with E-state index in [1.807, 2.05) is 17.5 Å². The van der Waals surface area contributed by atoms with E-state index in [9.17, 15) is 14.3 Å². The van der Waals surface area contributed by atoms with Crippen LogP contribution in [0.1, 0.15) is 11.0 Å². The van der Waals surface area contributed by atoms with Gasteiger partial charge in [0, 0.05) is 37.6 Å². The number of thiophene rings is 1. The summed E-state index contributed by atoms with van der Waals surface area (Å²) in [5, 5.41) is 12.2. The Labute approximate surface area is 150 Å². The first kappa shape index (κ1) is 17.8. The van der Waals surface area contributed by atoms with Crippen molar-refractivity contribution in [3.63, 3.8) is 0 Å². The second kappa shape index (κ2) is 8.42. The lowest BCUT2D eigenvalue weighted by Gasteiger charge is -2.35. The third-order valence-corrected chi connectivity index (χ3v) is 5.19. The lowest BCUT2D eigenvalue weighted by Crippen LogP contribution is -2.50. The van der Waals surface area contributed by atoms with E-state index in [0.717, 1.165) is 4.88 Å². The monoisotopic (exact) mass is 364 g/mol. The Morgan fingerprint density at radius 2 is 1.96 bits per heavy atom. The van der Waals surface area contributed by atoms with Gasteiger partial charge in [-0.25, -0.2) is 4.39 Å². The minimum absolute atomic E-state index is 0.0913. The Morgan fingerprint density at radius 3 is 2.64 bits per heavy atom. The number of para-hydroxylation sites is 1. The van der Waals surface area contributed by atoms with Crippen molar-refractivity contribution in [2.24, 2.45) is 0 Å². The third kappa shape index (κ3) is 4.78. The fraction of sp³-hybridized carbons (Fsp3) is 0.389. The van der Waals surface area contributed by atoms with Crippen molar-refractivity contribution >= 4 is 17.2 Å². The van der Waals surface area contributed by atoms with Crippen molar-refractivity contribution in [3.8, 4) is 5.75 Å². The van der Waals surface area contributed by atoms with E-state index in [4.69, 9.17) is 4.74 Å². The van der Waals surface area contributed by atoms with Gasteiger partial charge in [-0.15, -0.1) is 11.3 Å². The molecule has 1 amide bonds. The standard InChI is InChI=1S/C18H21FN2O3S/c19-14-4-1-2-5-16(14)24-13-18(23)21-9-7-20(8-10-21)12-15(22)17-6-3-11-25-17/h1-6,11,15,22H,7-10,12-13H2. The number of hydrogen-bond donors (Lipinski definition) is 1. The van der Waals surface area contributed by atoms with Gasteiger partial charge in [0.2, 0.25) is 0 Å². The summed E-state index contributed by atoms with van der Waals surface area (Å²) in [5.74, 6) is -0.530. The topological polar surface area (TPSA) is 53.0 Å². The molecule has 1 fully saturated rings. The Morgan fingerprint density at radius 1 is 1.20 bits per heavy atom. The van der Waals surface area contributed by atoms with Crippen molar-refractivity contribution in [2.75, 3.05) is 39.3 Å². The average molecular weight is 364 g/mol. The zero-order chi connectivity index (χ0) is 17.6. The zero-order valence-corrected chi connectivity index (χ0v) is 14.6. The molecule has 1 N–H and O–H groups in total. The summed E-state index contributed by atoms with van der Waals surface area (Å²) in [6.45, 7) is 2.96. The summed E-state index contributed by atoms with van der Waals surface area (Å²) in [7, 11) is 0. The molecule has 2 aromatic rings. The van der Waals surface area contributed by atoms with Crippen LogP contribution in [-0.2, 0) is 4.79 Å². The van der Waals surface area contributed by atoms with Crippen molar-refractivity contribution in [1.29, 1.82) is 0 Å². The number of carbonyl (C=O) groups excluding carboxylic acids is 1. The van der Waals surface area contributed by atoms with Crippen molar-refractivity contribution in [3.05, 3.63) is 52.5 Å². The van der Waals surface area contributed by atoms with Gasteiger partial charge in [-0.1, -0.05) is 18.2 Å². The van der Waals surface area contributed by atoms with Crippen molar-refractivity contribution in [1.82, 2.24) is 9.80 Å². The molecule has 1 atom stereocenters. The van der Waals surface area contributed by atoms with Gasteiger partial charge in [0.05, 0.1) is 0 Å². The van der Waals surface area contributed by atoms with Crippen molar-refractivity contribution in [2.45, 2.75) is 6.10 Å². The number of aliphatic hydroxyl groups is 1. The molecule has 5 nitrogen and oxygen atoms in total. The highest BCUT2D eigenvalue weighted by Crippen LogP contribution is 2.20. The molecule has 25 heavy (non-hydrogen) atoms. The lowest BCUT2D eigenvalue weighted by molar-refractivity contribution is -0.135. The summed E-state index contributed by atoms with van der Waals surface area (Å²) < 4.78 is 18.8. The molecular formula is C18H21FN2O3S. The summed E-state index contributed by atoms with van der Waals surface area (Å²) in [6, 6.07) is 9.91. The Bertz CT molecular complexity index is 687. The highest BCUT2D eigenvalue weighted by atomic mass is 32.1. The largest absolute Gasteiger partial charge is 0.481 e. The molecule has 3 rings (SSSR count). The van der Waals surface area contributed by atoms with Crippen molar-refractivity contribution < 1.29 is 19.0 Å². The molecule has 1 unspecified atom stereocenters. The van der Waals surface area contributed by atoms with Crippen LogP contribution >= 0.6 is 11.3 Å². The molecule has 1 saturated heterocycles. The van der Waals surface area contributed by atoms with Crippen LogP contribution in [0.2, 0.25) is 0 Å². The number of nitrogens with zero attached hydrogens (tertiary/aromatic N) is 2.